The minimum atomic E-state index is -0.942. The largest absolute Gasteiger partial charge is 0.364 e. The number of nitrogens with two attached hydrogens (primary N) is 1. The van der Waals surface area contributed by atoms with Crippen LogP contribution in [-0.4, -0.2) is 45.0 Å². The molecule has 33 heavy (non-hydrogen) atoms. The fourth-order valence-corrected chi connectivity index (χ4v) is 3.75. The Morgan fingerprint density at radius 2 is 1.91 bits per heavy atom. The van der Waals surface area contributed by atoms with Crippen LogP contribution in [-0.2, 0) is 22.7 Å². The predicted octanol–water partition coefficient (Wildman–Crippen LogP) is 2.37. The van der Waals surface area contributed by atoms with Gasteiger partial charge < -0.3 is 16.0 Å². The molecule has 0 saturated heterocycles. The maximum absolute atomic E-state index is 14.0. The number of hydrogen-bond donors (Lipinski definition) is 2. The van der Waals surface area contributed by atoms with Gasteiger partial charge >= 0.3 is 0 Å². The molecule has 0 aliphatic heterocycles. The number of nitrogens with zero attached hydrogens (tertiary/aromatic N) is 3. The fraction of sp³-hybridized carbons (Fsp3) is 0.273. The summed E-state index contributed by atoms with van der Waals surface area (Å²) in [5, 5.41) is 6.61. The molecule has 3 amide bonds. The van der Waals surface area contributed by atoms with Gasteiger partial charge in [-0.1, -0.05) is 35.9 Å². The standard InChI is InChI=1S/C22H20ClF2N5O3/c23-19-15(24)8-5-12(20(19)25)9-27-17(31)10-29(13-6-7-13)18(32)11-30-16-4-2-1-3-14(16)21(28-30)22(26)33/h1-5,8,13H,6-7,9-11H2,(H2,26,33)(H,27,31). The predicted molar refractivity (Wildman–Crippen MR) is 116 cm³/mol. The Kier molecular flexibility index (Phi) is 6.28. The van der Waals surface area contributed by atoms with Gasteiger partial charge in [-0.2, -0.15) is 5.10 Å². The van der Waals surface area contributed by atoms with Crippen LogP contribution in [0.5, 0.6) is 0 Å². The van der Waals surface area contributed by atoms with E-state index < -0.39 is 28.5 Å². The summed E-state index contributed by atoms with van der Waals surface area (Å²) in [6, 6.07) is 9.03. The molecule has 0 atom stereocenters. The zero-order valence-electron chi connectivity index (χ0n) is 17.4. The van der Waals surface area contributed by atoms with Gasteiger partial charge in [0.1, 0.15) is 23.2 Å². The first kappa shape index (κ1) is 22.7. The smallest absolute Gasteiger partial charge is 0.269 e. The third kappa shape index (κ3) is 4.80. The third-order valence-corrected chi connectivity index (χ3v) is 5.74. The second kappa shape index (κ2) is 9.14. The normalized spacial score (nSPS) is 13.2. The summed E-state index contributed by atoms with van der Waals surface area (Å²) in [5.41, 5.74) is 6.06. The topological polar surface area (TPSA) is 110 Å². The van der Waals surface area contributed by atoms with Crippen LogP contribution in [0.4, 0.5) is 8.78 Å². The first-order valence-corrected chi connectivity index (χ1v) is 10.6. The molecular formula is C22H20ClF2N5O3. The Morgan fingerprint density at radius 3 is 2.61 bits per heavy atom. The van der Waals surface area contributed by atoms with Crippen LogP contribution >= 0.6 is 11.6 Å². The highest BCUT2D eigenvalue weighted by Crippen LogP contribution is 2.27. The van der Waals surface area contributed by atoms with Gasteiger partial charge in [0.05, 0.1) is 12.1 Å². The molecule has 1 heterocycles. The number of carbonyl (C=O) groups excluding carboxylic acids is 3. The van der Waals surface area contributed by atoms with Crippen LogP contribution in [0.25, 0.3) is 10.9 Å². The lowest BCUT2D eigenvalue weighted by Crippen LogP contribution is -2.43. The zero-order chi connectivity index (χ0) is 23.7. The summed E-state index contributed by atoms with van der Waals surface area (Å²) in [7, 11) is 0. The van der Waals surface area contributed by atoms with Gasteiger partial charge in [-0.3, -0.25) is 19.1 Å². The number of carbonyl (C=O) groups is 3. The van der Waals surface area contributed by atoms with E-state index in [1.165, 1.54) is 15.6 Å². The average Bonchev–Trinajstić information content (AvgIpc) is 3.57. The second-order valence-electron chi connectivity index (χ2n) is 7.75. The zero-order valence-corrected chi connectivity index (χ0v) is 18.1. The van der Waals surface area contributed by atoms with E-state index in [4.69, 9.17) is 17.3 Å². The molecule has 0 unspecified atom stereocenters. The Bertz CT molecular complexity index is 1260. The maximum atomic E-state index is 14.0. The van der Waals surface area contributed by atoms with Gasteiger partial charge in [0.25, 0.3) is 5.91 Å². The van der Waals surface area contributed by atoms with Crippen molar-refractivity contribution in [3.05, 3.63) is 64.3 Å². The number of primary amides is 1. The van der Waals surface area contributed by atoms with E-state index in [-0.39, 0.29) is 42.8 Å². The van der Waals surface area contributed by atoms with E-state index in [1.807, 2.05) is 0 Å². The second-order valence-corrected chi connectivity index (χ2v) is 8.13. The van der Waals surface area contributed by atoms with E-state index in [0.29, 0.717) is 10.9 Å². The highest BCUT2D eigenvalue weighted by atomic mass is 35.5. The molecule has 1 aromatic heterocycles. The number of para-hydroxylation sites is 1. The van der Waals surface area contributed by atoms with Crippen LogP contribution in [0, 0.1) is 11.6 Å². The molecule has 8 nitrogen and oxygen atoms in total. The summed E-state index contributed by atoms with van der Waals surface area (Å²) in [6.07, 6.45) is 1.52. The lowest BCUT2D eigenvalue weighted by molar-refractivity contribution is -0.137. The summed E-state index contributed by atoms with van der Waals surface area (Å²) >= 11 is 5.56. The van der Waals surface area contributed by atoms with Crippen LogP contribution in [0.2, 0.25) is 5.02 Å². The van der Waals surface area contributed by atoms with Gasteiger partial charge in [-0.15, -0.1) is 0 Å². The molecule has 1 aliphatic carbocycles. The number of fused-ring (bicyclic) bond motifs is 1. The van der Waals surface area contributed by atoms with E-state index in [0.717, 1.165) is 18.9 Å². The minimum Gasteiger partial charge on any atom is -0.364 e. The van der Waals surface area contributed by atoms with Crippen molar-refractivity contribution in [2.45, 2.75) is 32.0 Å². The van der Waals surface area contributed by atoms with Crippen LogP contribution in [0.15, 0.2) is 36.4 Å². The number of nitrogens with one attached hydrogen (secondary N) is 1. The van der Waals surface area contributed by atoms with Crippen molar-refractivity contribution in [1.29, 1.82) is 0 Å². The highest BCUT2D eigenvalue weighted by molar-refractivity contribution is 6.30. The van der Waals surface area contributed by atoms with Crippen molar-refractivity contribution in [2.24, 2.45) is 5.73 Å². The van der Waals surface area contributed by atoms with Gasteiger partial charge in [-0.25, -0.2) is 8.78 Å². The van der Waals surface area contributed by atoms with Crippen molar-refractivity contribution in [3.63, 3.8) is 0 Å². The molecule has 4 rings (SSSR count). The molecule has 0 spiro atoms. The molecule has 172 valence electrons. The number of halogens is 3. The van der Waals surface area contributed by atoms with Crippen molar-refractivity contribution in [1.82, 2.24) is 20.0 Å². The van der Waals surface area contributed by atoms with E-state index in [1.54, 1.807) is 24.3 Å². The summed E-state index contributed by atoms with van der Waals surface area (Å²) in [6.45, 7) is -0.620. The van der Waals surface area contributed by atoms with E-state index >= 15 is 0 Å². The minimum absolute atomic E-state index is 0.0287. The van der Waals surface area contributed by atoms with Crippen molar-refractivity contribution in [2.75, 3.05) is 6.54 Å². The molecule has 0 radical (unpaired) electrons. The summed E-state index contributed by atoms with van der Waals surface area (Å²) in [4.78, 5) is 38.6. The summed E-state index contributed by atoms with van der Waals surface area (Å²) in [5.74, 6) is -3.39. The van der Waals surface area contributed by atoms with Crippen LogP contribution in [0.3, 0.4) is 0 Å². The van der Waals surface area contributed by atoms with Gasteiger partial charge in [0.2, 0.25) is 11.8 Å². The highest BCUT2D eigenvalue weighted by Gasteiger charge is 2.34. The molecule has 3 N–H and O–H groups in total. The molecule has 11 heteroatoms. The lowest BCUT2D eigenvalue weighted by Gasteiger charge is -2.22. The monoisotopic (exact) mass is 475 g/mol. The van der Waals surface area contributed by atoms with Gasteiger partial charge in [-0.05, 0) is 25.0 Å². The van der Waals surface area contributed by atoms with Crippen molar-refractivity contribution in [3.8, 4) is 0 Å². The maximum Gasteiger partial charge on any atom is 0.269 e. The Hall–Kier alpha value is -3.53. The molecular weight excluding hydrogens is 456 g/mol. The van der Waals surface area contributed by atoms with E-state index in [9.17, 15) is 23.2 Å². The number of hydrogen-bond acceptors (Lipinski definition) is 4. The molecule has 1 aliphatic rings. The van der Waals surface area contributed by atoms with Crippen molar-refractivity contribution < 1.29 is 23.2 Å². The molecule has 1 fully saturated rings. The quantitative estimate of drug-likeness (QED) is 0.487. The third-order valence-electron chi connectivity index (χ3n) is 5.39. The molecule has 3 aromatic rings. The molecule has 1 saturated carbocycles. The van der Waals surface area contributed by atoms with Crippen LogP contribution < -0.4 is 11.1 Å². The fourth-order valence-electron chi connectivity index (χ4n) is 3.56. The summed E-state index contributed by atoms with van der Waals surface area (Å²) < 4.78 is 28.7. The van der Waals surface area contributed by atoms with E-state index in [2.05, 4.69) is 10.4 Å². The van der Waals surface area contributed by atoms with Gasteiger partial charge in [0, 0.05) is 23.5 Å². The SMILES string of the molecule is NC(=O)c1nn(CC(=O)N(CC(=O)NCc2ccc(F)c(Cl)c2F)C2CC2)c2ccccc12. The van der Waals surface area contributed by atoms with Crippen molar-refractivity contribution >= 4 is 40.2 Å². The molecule has 2 aromatic carbocycles. The lowest BCUT2D eigenvalue weighted by atomic mass is 10.2. The Morgan fingerprint density at radius 1 is 1.18 bits per heavy atom. The average molecular weight is 476 g/mol. The number of amides is 3. The van der Waals surface area contributed by atoms with Crippen LogP contribution in [0.1, 0.15) is 28.9 Å². The number of rotatable bonds is 8. The molecule has 0 bridgehead atoms. The first-order valence-electron chi connectivity index (χ1n) is 10.2. The number of benzene rings is 2. The first-order chi connectivity index (χ1) is 15.8. The number of aromatic nitrogens is 2. The Balaban J connectivity index is 1.44. The Labute approximate surface area is 192 Å². The van der Waals surface area contributed by atoms with Gasteiger partial charge in [0.15, 0.2) is 5.69 Å².